The smallest absolute Gasteiger partial charge is 0.225 e. The van der Waals surface area contributed by atoms with Gasteiger partial charge >= 0.3 is 0 Å². The van der Waals surface area contributed by atoms with Gasteiger partial charge in [0.15, 0.2) is 0 Å². The lowest BCUT2D eigenvalue weighted by Crippen LogP contribution is -2.22. The number of allylic oxidation sites excluding steroid dienone is 3. The molecule has 0 aliphatic rings. The molecule has 72 valence electrons. The van der Waals surface area contributed by atoms with Crippen LogP contribution in [0.25, 0.3) is 0 Å². The molecule has 1 amide bonds. The van der Waals surface area contributed by atoms with E-state index in [1.54, 1.807) is 6.08 Å². The fraction of sp³-hybridized carbons (Fsp3) is 0.222. The fourth-order valence-electron chi connectivity index (χ4n) is 0.632. The third kappa shape index (κ3) is 5.55. The van der Waals surface area contributed by atoms with Gasteiger partial charge in [0.1, 0.15) is 0 Å². The van der Waals surface area contributed by atoms with Crippen LogP contribution >= 0.6 is 24.2 Å². The van der Waals surface area contributed by atoms with Gasteiger partial charge in [0, 0.05) is 6.42 Å². The van der Waals surface area contributed by atoms with Crippen molar-refractivity contribution >= 4 is 30.1 Å². The standard InChI is InChI=1S/C9H12ClNOS/c1-3-4-8(7(2)10)11-9(12)5-6-13/h3-4,13H,1-2,5-6H2,(H,11,12)/b8-4+. The lowest BCUT2D eigenvalue weighted by atomic mass is 10.3. The molecular formula is C9H12ClNOS. The number of carbonyl (C=O) groups is 1. The van der Waals surface area contributed by atoms with Crippen molar-refractivity contribution < 1.29 is 4.79 Å². The Kier molecular flexibility index (Phi) is 6.45. The maximum Gasteiger partial charge on any atom is 0.225 e. The average molecular weight is 218 g/mol. The molecule has 4 heteroatoms. The molecule has 0 aromatic rings. The van der Waals surface area contributed by atoms with Gasteiger partial charge in [-0.2, -0.15) is 12.6 Å². The second-order valence-electron chi connectivity index (χ2n) is 2.24. The highest BCUT2D eigenvalue weighted by Gasteiger charge is 2.04. The Morgan fingerprint density at radius 2 is 2.23 bits per heavy atom. The molecule has 0 aromatic heterocycles. The van der Waals surface area contributed by atoms with Gasteiger partial charge in [0.05, 0.1) is 10.7 Å². The predicted molar refractivity (Wildman–Crippen MR) is 59.9 cm³/mol. The van der Waals surface area contributed by atoms with Gasteiger partial charge in [-0.25, -0.2) is 0 Å². The van der Waals surface area contributed by atoms with Crippen LogP contribution in [0, 0.1) is 0 Å². The lowest BCUT2D eigenvalue weighted by Gasteiger charge is -2.06. The molecule has 0 aliphatic heterocycles. The van der Waals surface area contributed by atoms with Crippen LogP contribution in [0.3, 0.4) is 0 Å². The summed E-state index contributed by atoms with van der Waals surface area (Å²) < 4.78 is 0. The number of carbonyl (C=O) groups excluding carboxylic acids is 1. The summed E-state index contributed by atoms with van der Waals surface area (Å²) >= 11 is 9.55. The monoisotopic (exact) mass is 217 g/mol. The summed E-state index contributed by atoms with van der Waals surface area (Å²) in [5.74, 6) is 0.368. The third-order valence-corrected chi connectivity index (χ3v) is 1.62. The van der Waals surface area contributed by atoms with Crippen molar-refractivity contribution in [1.29, 1.82) is 0 Å². The van der Waals surface area contributed by atoms with Crippen LogP contribution < -0.4 is 5.32 Å². The number of hydrogen-bond acceptors (Lipinski definition) is 2. The Morgan fingerprint density at radius 1 is 1.62 bits per heavy atom. The van der Waals surface area contributed by atoms with Crippen molar-refractivity contribution in [1.82, 2.24) is 5.32 Å². The summed E-state index contributed by atoms with van der Waals surface area (Å²) in [6.07, 6.45) is 3.47. The molecule has 0 bridgehead atoms. The van der Waals surface area contributed by atoms with Gasteiger partial charge in [-0.1, -0.05) is 30.8 Å². The van der Waals surface area contributed by atoms with Crippen molar-refractivity contribution in [2.24, 2.45) is 0 Å². The maximum absolute atomic E-state index is 11.1. The van der Waals surface area contributed by atoms with Gasteiger partial charge in [0.25, 0.3) is 0 Å². The minimum atomic E-state index is -0.134. The van der Waals surface area contributed by atoms with Crippen LogP contribution in [0.1, 0.15) is 6.42 Å². The number of hydrogen-bond donors (Lipinski definition) is 2. The topological polar surface area (TPSA) is 29.1 Å². The van der Waals surface area contributed by atoms with Gasteiger partial charge < -0.3 is 5.32 Å². The van der Waals surface area contributed by atoms with Crippen molar-refractivity contribution in [3.8, 4) is 0 Å². The first-order valence-electron chi connectivity index (χ1n) is 3.70. The van der Waals surface area contributed by atoms with Crippen molar-refractivity contribution in [3.63, 3.8) is 0 Å². The van der Waals surface area contributed by atoms with Gasteiger partial charge in [-0.05, 0) is 11.8 Å². The zero-order chi connectivity index (χ0) is 10.3. The highest BCUT2D eigenvalue weighted by Crippen LogP contribution is 2.08. The maximum atomic E-state index is 11.1. The second-order valence-corrected chi connectivity index (χ2v) is 3.15. The zero-order valence-electron chi connectivity index (χ0n) is 7.22. The summed E-state index contributed by atoms with van der Waals surface area (Å²) in [5.41, 5.74) is 0.475. The summed E-state index contributed by atoms with van der Waals surface area (Å²) in [7, 11) is 0. The number of rotatable bonds is 5. The van der Waals surface area contributed by atoms with Crippen molar-refractivity contribution in [3.05, 3.63) is 36.0 Å². The molecule has 0 spiro atoms. The Morgan fingerprint density at radius 3 is 2.62 bits per heavy atom. The van der Waals surface area contributed by atoms with E-state index in [-0.39, 0.29) is 10.9 Å². The number of amides is 1. The molecule has 0 unspecified atom stereocenters. The first kappa shape index (κ1) is 12.3. The number of nitrogens with one attached hydrogen (secondary N) is 1. The average Bonchev–Trinajstić information content (AvgIpc) is 2.04. The molecular weight excluding hydrogens is 206 g/mol. The molecule has 0 heterocycles. The zero-order valence-corrected chi connectivity index (χ0v) is 8.87. The highest BCUT2D eigenvalue weighted by molar-refractivity contribution is 7.80. The summed E-state index contributed by atoms with van der Waals surface area (Å²) in [6.45, 7) is 7.00. The molecule has 0 aliphatic carbocycles. The molecule has 0 saturated heterocycles. The Balaban J connectivity index is 4.27. The molecule has 13 heavy (non-hydrogen) atoms. The SMILES string of the molecule is C=C/C=C(/NC(=O)CCS)C(=C)Cl. The molecule has 0 saturated carbocycles. The minimum Gasteiger partial charge on any atom is -0.325 e. The molecule has 0 rings (SSSR count). The van der Waals surface area contributed by atoms with Crippen molar-refractivity contribution in [2.45, 2.75) is 6.42 Å². The number of thiol groups is 1. The van der Waals surface area contributed by atoms with E-state index in [9.17, 15) is 4.79 Å². The van der Waals surface area contributed by atoms with Crippen LogP contribution in [-0.2, 0) is 4.79 Å². The second kappa shape index (κ2) is 6.80. The first-order chi connectivity index (χ1) is 6.11. The molecule has 2 nitrogen and oxygen atoms in total. The number of halogens is 1. The van der Waals surface area contributed by atoms with Crippen LogP contribution in [0.2, 0.25) is 0 Å². The lowest BCUT2D eigenvalue weighted by molar-refractivity contribution is -0.119. The third-order valence-electron chi connectivity index (χ3n) is 1.19. The summed E-state index contributed by atoms with van der Waals surface area (Å²) in [6, 6.07) is 0. The van der Waals surface area contributed by atoms with Gasteiger partial charge in [-0.15, -0.1) is 0 Å². The van der Waals surface area contributed by atoms with Crippen LogP contribution in [0.15, 0.2) is 36.0 Å². The molecule has 0 atom stereocenters. The highest BCUT2D eigenvalue weighted by atomic mass is 35.5. The fourth-order valence-corrected chi connectivity index (χ4v) is 0.945. The Bertz CT molecular complexity index is 248. The van der Waals surface area contributed by atoms with E-state index in [4.69, 9.17) is 11.6 Å². The van der Waals surface area contributed by atoms with Gasteiger partial charge in [0.2, 0.25) is 5.91 Å². The summed E-state index contributed by atoms with van der Waals surface area (Å²) in [4.78, 5) is 11.1. The van der Waals surface area contributed by atoms with Crippen molar-refractivity contribution in [2.75, 3.05) is 5.75 Å². The van der Waals surface area contributed by atoms with E-state index in [2.05, 4.69) is 31.1 Å². The Labute approximate surface area is 88.8 Å². The predicted octanol–water partition coefficient (Wildman–Crippen LogP) is 2.24. The van der Waals surface area contributed by atoms with Crippen LogP contribution in [0.5, 0.6) is 0 Å². The van der Waals surface area contributed by atoms with Crippen LogP contribution in [-0.4, -0.2) is 11.7 Å². The van der Waals surface area contributed by atoms with Gasteiger partial charge in [-0.3, -0.25) is 4.79 Å². The molecule has 1 N–H and O–H groups in total. The van der Waals surface area contributed by atoms with E-state index in [0.29, 0.717) is 17.9 Å². The Hall–Kier alpha value is -0.670. The quantitative estimate of drug-likeness (QED) is 0.537. The van der Waals surface area contributed by atoms with E-state index in [1.807, 2.05) is 0 Å². The molecule has 0 radical (unpaired) electrons. The summed E-state index contributed by atoms with van der Waals surface area (Å²) in [5, 5.41) is 2.87. The molecule has 0 aromatic carbocycles. The normalized spacial score (nSPS) is 10.8. The van der Waals surface area contributed by atoms with E-state index >= 15 is 0 Å². The molecule has 0 fully saturated rings. The minimum absolute atomic E-state index is 0.134. The largest absolute Gasteiger partial charge is 0.325 e. The first-order valence-corrected chi connectivity index (χ1v) is 4.71. The van der Waals surface area contributed by atoms with Crippen LogP contribution in [0.4, 0.5) is 0 Å². The van der Waals surface area contributed by atoms with E-state index in [1.165, 1.54) is 6.08 Å². The van der Waals surface area contributed by atoms with E-state index < -0.39 is 0 Å². The van der Waals surface area contributed by atoms with E-state index in [0.717, 1.165) is 0 Å².